The van der Waals surface area contributed by atoms with Crippen LogP contribution in [0.3, 0.4) is 0 Å². The summed E-state index contributed by atoms with van der Waals surface area (Å²) in [6, 6.07) is 6.96. The van der Waals surface area contributed by atoms with E-state index in [1.54, 1.807) is 12.1 Å². The summed E-state index contributed by atoms with van der Waals surface area (Å²) < 4.78 is 7.44. The van der Waals surface area contributed by atoms with Gasteiger partial charge < -0.3 is 9.47 Å². The van der Waals surface area contributed by atoms with Crippen molar-refractivity contribution in [2.24, 2.45) is 0 Å². The Kier molecular flexibility index (Phi) is 3.83. The van der Waals surface area contributed by atoms with E-state index in [0.717, 1.165) is 5.56 Å². The molecule has 0 saturated carbocycles. The molecule has 0 aromatic heterocycles. The number of carbonyl (C=O) groups is 1. The number of carbonyl (C=O) groups excluding carboxylic acids is 1. The second-order valence-electron chi connectivity index (χ2n) is 2.92. The van der Waals surface area contributed by atoms with Gasteiger partial charge in [0.1, 0.15) is 5.75 Å². The lowest BCUT2D eigenvalue weighted by molar-refractivity contribution is -0.147. The van der Waals surface area contributed by atoms with Crippen LogP contribution >= 0.6 is 23.2 Å². The van der Waals surface area contributed by atoms with Crippen molar-refractivity contribution in [2.75, 3.05) is 7.11 Å². The van der Waals surface area contributed by atoms with Crippen molar-refractivity contribution < 1.29 is 14.3 Å². The van der Waals surface area contributed by atoms with Crippen LogP contribution in [0.4, 0.5) is 0 Å². The highest BCUT2D eigenvalue weighted by molar-refractivity contribution is 6.56. The molecule has 1 aromatic carbocycles. The minimum absolute atomic E-state index is 0.399. The standard InChI is InChI=1S/C10H10Cl2O3/c1-7-3-5-8(6-4-7)15-10(11,12)9(13)14-2/h3-6H,1-2H3. The second kappa shape index (κ2) is 4.73. The molecule has 0 saturated heterocycles. The van der Waals surface area contributed by atoms with E-state index in [0.29, 0.717) is 5.75 Å². The van der Waals surface area contributed by atoms with Gasteiger partial charge in [0.05, 0.1) is 7.11 Å². The molecule has 5 heteroatoms. The van der Waals surface area contributed by atoms with Crippen molar-refractivity contribution in [3.05, 3.63) is 29.8 Å². The van der Waals surface area contributed by atoms with Crippen molar-refractivity contribution in [3.8, 4) is 5.75 Å². The van der Waals surface area contributed by atoms with Gasteiger partial charge in [0.15, 0.2) is 0 Å². The van der Waals surface area contributed by atoms with Crippen LogP contribution < -0.4 is 4.74 Å². The first-order valence-corrected chi connectivity index (χ1v) is 4.93. The summed E-state index contributed by atoms with van der Waals surface area (Å²) in [5.41, 5.74) is 1.06. The van der Waals surface area contributed by atoms with Crippen LogP contribution in [0.2, 0.25) is 0 Å². The highest BCUT2D eigenvalue weighted by Crippen LogP contribution is 2.27. The van der Waals surface area contributed by atoms with Gasteiger partial charge >= 0.3 is 10.5 Å². The van der Waals surface area contributed by atoms with Crippen LogP contribution in [-0.4, -0.2) is 17.6 Å². The van der Waals surface area contributed by atoms with Crippen molar-refractivity contribution in [1.29, 1.82) is 0 Å². The summed E-state index contributed by atoms with van der Waals surface area (Å²) in [5.74, 6) is -0.456. The van der Waals surface area contributed by atoms with Gasteiger partial charge in [0.25, 0.3) is 0 Å². The number of methoxy groups -OCH3 is 1. The molecule has 82 valence electrons. The monoisotopic (exact) mass is 248 g/mol. The number of ether oxygens (including phenoxy) is 2. The molecule has 1 aromatic rings. The van der Waals surface area contributed by atoms with Crippen molar-refractivity contribution in [3.63, 3.8) is 0 Å². The fourth-order valence-electron chi connectivity index (χ4n) is 0.915. The summed E-state index contributed by atoms with van der Waals surface area (Å²) in [6.45, 7) is 1.93. The lowest BCUT2D eigenvalue weighted by atomic mass is 10.2. The molecule has 0 radical (unpaired) electrons. The largest absolute Gasteiger partial charge is 0.464 e. The predicted molar refractivity (Wildman–Crippen MR) is 58.3 cm³/mol. The van der Waals surface area contributed by atoms with Gasteiger partial charge in [-0.2, -0.15) is 0 Å². The Labute approximate surface area is 97.9 Å². The van der Waals surface area contributed by atoms with Crippen LogP contribution in [0.5, 0.6) is 5.75 Å². The Bertz CT molecular complexity index is 346. The van der Waals surface area contributed by atoms with Gasteiger partial charge in [-0.25, -0.2) is 4.79 Å². The maximum atomic E-state index is 11.1. The Balaban J connectivity index is 2.77. The van der Waals surface area contributed by atoms with E-state index in [-0.39, 0.29) is 0 Å². The lowest BCUT2D eigenvalue weighted by Crippen LogP contribution is -2.33. The topological polar surface area (TPSA) is 35.5 Å². The van der Waals surface area contributed by atoms with Crippen LogP contribution in [-0.2, 0) is 9.53 Å². The van der Waals surface area contributed by atoms with Crippen molar-refractivity contribution in [2.45, 2.75) is 11.4 Å². The highest BCUT2D eigenvalue weighted by Gasteiger charge is 2.37. The highest BCUT2D eigenvalue weighted by atomic mass is 35.5. The summed E-state index contributed by atoms with van der Waals surface area (Å²) in [7, 11) is 1.18. The number of aryl methyl sites for hydroxylation is 1. The van der Waals surface area contributed by atoms with Gasteiger partial charge in [-0.05, 0) is 42.3 Å². The number of halogens is 2. The third kappa shape index (κ3) is 3.29. The Morgan fingerprint density at radius 2 is 1.80 bits per heavy atom. The predicted octanol–water partition coefficient (Wildman–Crippen LogP) is 2.68. The molecule has 0 heterocycles. The number of hydrogen-bond donors (Lipinski definition) is 0. The maximum absolute atomic E-state index is 11.1. The molecule has 0 aliphatic heterocycles. The SMILES string of the molecule is COC(=O)C(Cl)(Cl)Oc1ccc(C)cc1. The Morgan fingerprint density at radius 3 is 2.27 bits per heavy atom. The lowest BCUT2D eigenvalue weighted by Gasteiger charge is -2.18. The molecule has 3 nitrogen and oxygen atoms in total. The molecule has 0 aliphatic rings. The summed E-state index contributed by atoms with van der Waals surface area (Å²) in [6.07, 6.45) is 0. The molecule has 0 amide bonds. The van der Waals surface area contributed by atoms with Crippen LogP contribution in [0.1, 0.15) is 5.56 Å². The smallest absolute Gasteiger partial charge is 0.383 e. The summed E-state index contributed by atoms with van der Waals surface area (Å²) in [5, 5.41) is 0. The average Bonchev–Trinajstić information content (AvgIpc) is 2.20. The molecule has 0 fully saturated rings. The normalized spacial score (nSPS) is 10.9. The minimum atomic E-state index is -2.01. The van der Waals surface area contributed by atoms with E-state index in [1.807, 2.05) is 19.1 Å². The third-order valence-corrected chi connectivity index (χ3v) is 2.15. The van der Waals surface area contributed by atoms with Crippen LogP contribution in [0.15, 0.2) is 24.3 Å². The van der Waals surface area contributed by atoms with Crippen LogP contribution in [0.25, 0.3) is 0 Å². The first kappa shape index (κ1) is 12.1. The van der Waals surface area contributed by atoms with E-state index in [2.05, 4.69) is 4.74 Å². The van der Waals surface area contributed by atoms with Gasteiger partial charge in [0, 0.05) is 0 Å². The maximum Gasteiger partial charge on any atom is 0.383 e. The van der Waals surface area contributed by atoms with E-state index in [4.69, 9.17) is 27.9 Å². The molecule has 0 spiro atoms. The van der Waals surface area contributed by atoms with Gasteiger partial charge in [-0.15, -0.1) is 0 Å². The molecular weight excluding hydrogens is 239 g/mol. The van der Waals surface area contributed by atoms with Gasteiger partial charge in [0.2, 0.25) is 0 Å². The quantitative estimate of drug-likeness (QED) is 0.610. The number of rotatable bonds is 3. The number of benzene rings is 1. The zero-order chi connectivity index (χ0) is 11.5. The number of hydrogen-bond acceptors (Lipinski definition) is 3. The molecular formula is C10H10Cl2O3. The first-order valence-electron chi connectivity index (χ1n) is 4.17. The van der Waals surface area contributed by atoms with E-state index >= 15 is 0 Å². The second-order valence-corrected chi connectivity index (χ2v) is 4.18. The number of alkyl halides is 2. The Hall–Kier alpha value is -0.930. The van der Waals surface area contributed by atoms with Crippen LogP contribution in [0, 0.1) is 6.92 Å². The Morgan fingerprint density at radius 1 is 1.27 bits per heavy atom. The molecule has 0 unspecified atom stereocenters. The number of esters is 1. The zero-order valence-electron chi connectivity index (χ0n) is 8.29. The molecule has 0 aliphatic carbocycles. The van der Waals surface area contributed by atoms with Gasteiger partial charge in [-0.1, -0.05) is 17.7 Å². The molecule has 1 rings (SSSR count). The van der Waals surface area contributed by atoms with E-state index in [9.17, 15) is 4.79 Å². The fraction of sp³-hybridized carbons (Fsp3) is 0.300. The molecule has 15 heavy (non-hydrogen) atoms. The van der Waals surface area contributed by atoms with Crippen molar-refractivity contribution >= 4 is 29.2 Å². The van der Waals surface area contributed by atoms with Gasteiger partial charge in [-0.3, -0.25) is 0 Å². The zero-order valence-corrected chi connectivity index (χ0v) is 9.80. The minimum Gasteiger partial charge on any atom is -0.464 e. The molecule has 0 N–H and O–H groups in total. The molecule has 0 bridgehead atoms. The van der Waals surface area contributed by atoms with Crippen molar-refractivity contribution in [1.82, 2.24) is 0 Å². The third-order valence-electron chi connectivity index (χ3n) is 1.69. The molecule has 0 atom stereocenters. The first-order chi connectivity index (χ1) is 6.95. The van der Waals surface area contributed by atoms with E-state index < -0.39 is 10.5 Å². The average molecular weight is 249 g/mol. The van der Waals surface area contributed by atoms with E-state index in [1.165, 1.54) is 7.11 Å². The summed E-state index contributed by atoms with van der Waals surface area (Å²) >= 11 is 11.3. The fourth-order valence-corrected chi connectivity index (χ4v) is 1.25. The summed E-state index contributed by atoms with van der Waals surface area (Å²) in [4.78, 5) is 11.1.